The van der Waals surface area contributed by atoms with Crippen LogP contribution in [0.2, 0.25) is 0 Å². The lowest BCUT2D eigenvalue weighted by Crippen LogP contribution is -2.40. The maximum atomic E-state index is 12.0. The van der Waals surface area contributed by atoms with Gasteiger partial charge in [0.05, 0.1) is 0 Å². The highest BCUT2D eigenvalue weighted by Crippen LogP contribution is 2.24. The molecule has 0 bridgehead atoms. The molecule has 3 heteroatoms. The molecule has 0 fully saturated rings. The number of amides is 1. The summed E-state index contributed by atoms with van der Waals surface area (Å²) in [6.45, 7) is 10.3. The molecule has 0 saturated carbocycles. The summed E-state index contributed by atoms with van der Waals surface area (Å²) in [7, 11) is 0. The molecule has 0 aliphatic carbocycles. The minimum atomic E-state index is -0.489. The van der Waals surface area contributed by atoms with Crippen molar-refractivity contribution in [3.8, 4) is 12.3 Å². The summed E-state index contributed by atoms with van der Waals surface area (Å²) in [4.78, 5) is 13.6. The Morgan fingerprint density at radius 1 is 1.59 bits per heavy atom. The second kappa shape index (κ2) is 4.83. The predicted octanol–water partition coefficient (Wildman–Crippen LogP) is 2.82. The van der Waals surface area contributed by atoms with Gasteiger partial charge in [-0.05, 0) is 38.3 Å². The summed E-state index contributed by atoms with van der Waals surface area (Å²) in [6, 6.07) is -0.276. The van der Waals surface area contributed by atoms with Gasteiger partial charge in [0, 0.05) is 6.54 Å². The highest BCUT2D eigenvalue weighted by molar-refractivity contribution is 5.71. The van der Waals surface area contributed by atoms with Crippen LogP contribution in [0.15, 0.2) is 11.6 Å². The molecule has 0 aromatic heterocycles. The lowest BCUT2D eigenvalue weighted by atomic mass is 10.0. The maximum Gasteiger partial charge on any atom is 0.411 e. The highest BCUT2D eigenvalue weighted by atomic mass is 16.6. The fraction of sp³-hybridized carbons (Fsp3) is 0.643. The minimum absolute atomic E-state index is 0.276. The smallest absolute Gasteiger partial charge is 0.411 e. The van der Waals surface area contributed by atoms with E-state index in [1.165, 1.54) is 5.57 Å². The van der Waals surface area contributed by atoms with Crippen molar-refractivity contribution in [3.05, 3.63) is 11.6 Å². The van der Waals surface area contributed by atoms with Crippen LogP contribution in [0.25, 0.3) is 0 Å². The number of hydrogen-bond donors (Lipinski definition) is 0. The molecule has 17 heavy (non-hydrogen) atoms. The summed E-state index contributed by atoms with van der Waals surface area (Å²) in [5.41, 5.74) is 0.704. The first-order chi connectivity index (χ1) is 7.74. The van der Waals surface area contributed by atoms with Crippen molar-refractivity contribution < 1.29 is 9.53 Å². The quantitative estimate of drug-likeness (QED) is 0.516. The Morgan fingerprint density at radius 2 is 2.18 bits per heavy atom. The SMILES string of the molecule is C#CC1C=C(C(C)C)CN1C(=O)OC(C)(C)C. The molecule has 0 radical (unpaired) electrons. The van der Waals surface area contributed by atoms with Crippen LogP contribution in [0, 0.1) is 18.3 Å². The number of rotatable bonds is 1. The van der Waals surface area contributed by atoms with E-state index in [0.29, 0.717) is 12.5 Å². The molecule has 1 rings (SSSR count). The van der Waals surface area contributed by atoms with Gasteiger partial charge in [-0.1, -0.05) is 19.8 Å². The molecule has 0 N–H and O–H groups in total. The van der Waals surface area contributed by atoms with E-state index < -0.39 is 5.60 Å². The van der Waals surface area contributed by atoms with Crippen molar-refractivity contribution in [2.45, 2.75) is 46.3 Å². The van der Waals surface area contributed by atoms with Crippen LogP contribution in [0.1, 0.15) is 34.6 Å². The number of carbonyl (C=O) groups is 1. The van der Waals surface area contributed by atoms with Gasteiger partial charge in [-0.2, -0.15) is 0 Å². The van der Waals surface area contributed by atoms with Gasteiger partial charge in [0.2, 0.25) is 0 Å². The fourth-order valence-electron chi connectivity index (χ4n) is 1.65. The van der Waals surface area contributed by atoms with E-state index in [1.807, 2.05) is 26.8 Å². The van der Waals surface area contributed by atoms with Gasteiger partial charge in [0.1, 0.15) is 11.6 Å². The van der Waals surface area contributed by atoms with Crippen molar-refractivity contribution in [1.29, 1.82) is 0 Å². The molecule has 3 nitrogen and oxygen atoms in total. The fourth-order valence-corrected chi connectivity index (χ4v) is 1.65. The van der Waals surface area contributed by atoms with Gasteiger partial charge < -0.3 is 4.74 Å². The molecular formula is C14H21NO2. The molecule has 1 amide bonds. The molecule has 0 spiro atoms. The van der Waals surface area contributed by atoms with Crippen LogP contribution in [0.4, 0.5) is 4.79 Å². The van der Waals surface area contributed by atoms with Crippen LogP contribution in [0.5, 0.6) is 0 Å². The number of terminal acetylenes is 1. The monoisotopic (exact) mass is 235 g/mol. The zero-order chi connectivity index (χ0) is 13.2. The Hall–Kier alpha value is -1.43. The summed E-state index contributed by atoms with van der Waals surface area (Å²) in [6.07, 6.45) is 7.08. The zero-order valence-electron chi connectivity index (χ0n) is 11.3. The lowest BCUT2D eigenvalue weighted by Gasteiger charge is -2.26. The van der Waals surface area contributed by atoms with E-state index in [0.717, 1.165) is 0 Å². The summed E-state index contributed by atoms with van der Waals surface area (Å²) in [5, 5.41) is 0. The van der Waals surface area contributed by atoms with E-state index >= 15 is 0 Å². The third-order valence-corrected chi connectivity index (χ3v) is 2.60. The first-order valence-corrected chi connectivity index (χ1v) is 5.91. The molecule has 0 aromatic carbocycles. The van der Waals surface area contributed by atoms with Gasteiger partial charge in [0.25, 0.3) is 0 Å². The van der Waals surface area contributed by atoms with Crippen LogP contribution in [-0.2, 0) is 4.74 Å². The van der Waals surface area contributed by atoms with Crippen LogP contribution < -0.4 is 0 Å². The first-order valence-electron chi connectivity index (χ1n) is 5.91. The zero-order valence-corrected chi connectivity index (χ0v) is 11.3. The first kappa shape index (κ1) is 13.6. The maximum absolute atomic E-state index is 12.0. The molecule has 0 aromatic rings. The van der Waals surface area contributed by atoms with Gasteiger partial charge >= 0.3 is 6.09 Å². The topological polar surface area (TPSA) is 29.5 Å². The number of ether oxygens (including phenoxy) is 1. The highest BCUT2D eigenvalue weighted by Gasteiger charge is 2.31. The summed E-state index contributed by atoms with van der Waals surface area (Å²) >= 11 is 0. The van der Waals surface area contributed by atoms with Crippen molar-refractivity contribution in [3.63, 3.8) is 0 Å². The predicted molar refractivity (Wildman–Crippen MR) is 68.5 cm³/mol. The Balaban J connectivity index is 2.75. The minimum Gasteiger partial charge on any atom is -0.444 e. The van der Waals surface area contributed by atoms with E-state index in [4.69, 9.17) is 11.2 Å². The molecule has 1 aliphatic heterocycles. The number of nitrogens with zero attached hydrogens (tertiary/aromatic N) is 1. The van der Waals surface area contributed by atoms with Gasteiger partial charge in [-0.3, -0.25) is 4.90 Å². The van der Waals surface area contributed by atoms with Crippen molar-refractivity contribution in [1.82, 2.24) is 4.90 Å². The summed E-state index contributed by atoms with van der Waals surface area (Å²) in [5.74, 6) is 3.02. The molecular weight excluding hydrogens is 214 g/mol. The van der Waals surface area contributed by atoms with Crippen molar-refractivity contribution >= 4 is 6.09 Å². The van der Waals surface area contributed by atoms with Gasteiger partial charge in [-0.15, -0.1) is 6.42 Å². The molecule has 0 saturated heterocycles. The second-order valence-electron chi connectivity index (χ2n) is 5.62. The molecule has 1 unspecified atom stereocenters. The third kappa shape index (κ3) is 3.52. The average Bonchev–Trinajstić information content (AvgIpc) is 2.58. The molecule has 1 aliphatic rings. The lowest BCUT2D eigenvalue weighted by molar-refractivity contribution is 0.0269. The average molecular weight is 235 g/mol. The Bertz CT molecular complexity index is 369. The van der Waals surface area contributed by atoms with Crippen LogP contribution in [0.3, 0.4) is 0 Å². The molecule has 94 valence electrons. The standard InChI is InChI=1S/C14H21NO2/c1-7-12-8-11(10(2)3)9-15(12)13(16)17-14(4,5)6/h1,8,10,12H,9H2,2-6H3. The third-order valence-electron chi connectivity index (χ3n) is 2.60. The molecule has 1 atom stereocenters. The Kier molecular flexibility index (Phi) is 3.87. The largest absolute Gasteiger partial charge is 0.444 e. The van der Waals surface area contributed by atoms with E-state index in [1.54, 1.807) is 4.90 Å². The molecule has 1 heterocycles. The van der Waals surface area contributed by atoms with E-state index in [-0.39, 0.29) is 12.1 Å². The Morgan fingerprint density at radius 3 is 2.59 bits per heavy atom. The van der Waals surface area contributed by atoms with Gasteiger partial charge in [0.15, 0.2) is 0 Å². The second-order valence-corrected chi connectivity index (χ2v) is 5.62. The summed E-state index contributed by atoms with van der Waals surface area (Å²) < 4.78 is 5.34. The van der Waals surface area contributed by atoms with Crippen molar-refractivity contribution in [2.24, 2.45) is 5.92 Å². The van der Waals surface area contributed by atoms with E-state index in [9.17, 15) is 4.79 Å². The van der Waals surface area contributed by atoms with E-state index in [2.05, 4.69) is 19.8 Å². The van der Waals surface area contributed by atoms with Gasteiger partial charge in [-0.25, -0.2) is 4.79 Å². The number of hydrogen-bond acceptors (Lipinski definition) is 2. The Labute approximate surface area is 104 Å². The number of carbonyl (C=O) groups excluding carboxylic acids is 1. The van der Waals surface area contributed by atoms with Crippen molar-refractivity contribution in [2.75, 3.05) is 6.54 Å². The van der Waals surface area contributed by atoms with Crippen LogP contribution >= 0.6 is 0 Å². The normalized spacial score (nSPS) is 20.2. The van der Waals surface area contributed by atoms with Crippen LogP contribution in [-0.4, -0.2) is 29.2 Å².